The van der Waals surface area contributed by atoms with Crippen molar-refractivity contribution in [1.82, 2.24) is 15.1 Å². The Hall–Kier alpha value is -1.10. The van der Waals surface area contributed by atoms with E-state index >= 15 is 0 Å². The quantitative estimate of drug-likeness (QED) is 0.724. The Labute approximate surface area is 147 Å². The van der Waals surface area contributed by atoms with Gasteiger partial charge in [0.05, 0.1) is 0 Å². The number of amides is 2. The van der Waals surface area contributed by atoms with Crippen LogP contribution in [-0.4, -0.2) is 60.4 Å². The average Bonchev–Trinajstić information content (AvgIpc) is 2.53. The van der Waals surface area contributed by atoms with Crippen molar-refractivity contribution in [2.24, 2.45) is 17.8 Å². The molecule has 2 aliphatic heterocycles. The van der Waals surface area contributed by atoms with Crippen LogP contribution in [0.15, 0.2) is 0 Å². The van der Waals surface area contributed by atoms with Crippen LogP contribution < -0.4 is 5.32 Å². The van der Waals surface area contributed by atoms with E-state index in [2.05, 4.69) is 37.9 Å². The first-order valence-electron chi connectivity index (χ1n) is 9.68. The Morgan fingerprint density at radius 3 is 2.33 bits per heavy atom. The molecular formula is C19H35N3O2. The third-order valence-corrected chi connectivity index (χ3v) is 5.32. The summed E-state index contributed by atoms with van der Waals surface area (Å²) in [6.45, 7) is 13.7. The van der Waals surface area contributed by atoms with Crippen molar-refractivity contribution in [2.75, 3.05) is 32.7 Å². The number of rotatable bonds is 7. The zero-order valence-electron chi connectivity index (χ0n) is 15.9. The van der Waals surface area contributed by atoms with Gasteiger partial charge in [0.2, 0.25) is 0 Å². The second-order valence-corrected chi connectivity index (χ2v) is 8.42. The third-order valence-electron chi connectivity index (χ3n) is 5.32. The summed E-state index contributed by atoms with van der Waals surface area (Å²) in [6, 6.07) is 0.161. The van der Waals surface area contributed by atoms with Crippen molar-refractivity contribution >= 4 is 11.8 Å². The van der Waals surface area contributed by atoms with Crippen molar-refractivity contribution in [2.45, 2.75) is 59.4 Å². The average molecular weight is 338 g/mol. The fourth-order valence-electron chi connectivity index (χ4n) is 3.79. The van der Waals surface area contributed by atoms with E-state index in [0.717, 1.165) is 44.8 Å². The lowest BCUT2D eigenvalue weighted by molar-refractivity contribution is -0.151. The van der Waals surface area contributed by atoms with Crippen LogP contribution in [0.3, 0.4) is 0 Å². The van der Waals surface area contributed by atoms with E-state index in [1.54, 1.807) is 0 Å². The highest BCUT2D eigenvalue weighted by Gasteiger charge is 2.35. The third kappa shape index (κ3) is 5.47. The number of carbonyl (C=O) groups is 2. The lowest BCUT2D eigenvalue weighted by atomic mass is 9.93. The summed E-state index contributed by atoms with van der Waals surface area (Å²) in [7, 11) is 0. The number of likely N-dealkylation sites (tertiary alicyclic amines) is 1. The summed E-state index contributed by atoms with van der Waals surface area (Å²) in [5.41, 5.74) is 0. The number of nitrogens with one attached hydrogen (secondary N) is 1. The monoisotopic (exact) mass is 337 g/mol. The van der Waals surface area contributed by atoms with E-state index in [1.165, 1.54) is 13.0 Å². The molecule has 1 N–H and O–H groups in total. The van der Waals surface area contributed by atoms with Gasteiger partial charge in [0, 0.05) is 19.1 Å². The van der Waals surface area contributed by atoms with Crippen LogP contribution in [0.4, 0.5) is 0 Å². The molecule has 24 heavy (non-hydrogen) atoms. The summed E-state index contributed by atoms with van der Waals surface area (Å²) in [5.74, 6) is 1.06. The Morgan fingerprint density at radius 2 is 1.75 bits per heavy atom. The SMILES string of the molecule is CC(C)CCN1CCC(CN2C(=O)C(=O)NC[C@@H]2CC(C)C)CC1. The molecule has 0 aliphatic carbocycles. The van der Waals surface area contributed by atoms with Gasteiger partial charge in [0.15, 0.2) is 0 Å². The molecule has 2 heterocycles. The molecule has 0 aromatic rings. The van der Waals surface area contributed by atoms with Crippen LogP contribution in [0, 0.1) is 17.8 Å². The minimum atomic E-state index is -0.427. The van der Waals surface area contributed by atoms with Gasteiger partial charge in [-0.05, 0) is 63.1 Å². The zero-order chi connectivity index (χ0) is 17.7. The molecule has 5 heteroatoms. The van der Waals surface area contributed by atoms with Crippen LogP contribution in [0.1, 0.15) is 53.4 Å². The molecule has 2 rings (SSSR count). The molecule has 0 radical (unpaired) electrons. The van der Waals surface area contributed by atoms with E-state index in [1.807, 2.05) is 4.90 Å². The van der Waals surface area contributed by atoms with E-state index in [9.17, 15) is 9.59 Å². The zero-order valence-corrected chi connectivity index (χ0v) is 15.9. The smallest absolute Gasteiger partial charge is 0.312 e. The Morgan fingerprint density at radius 1 is 1.08 bits per heavy atom. The molecule has 0 unspecified atom stereocenters. The van der Waals surface area contributed by atoms with Crippen molar-refractivity contribution < 1.29 is 9.59 Å². The highest BCUT2D eigenvalue weighted by atomic mass is 16.2. The molecule has 2 amide bonds. The number of hydrogen-bond acceptors (Lipinski definition) is 3. The molecule has 5 nitrogen and oxygen atoms in total. The summed E-state index contributed by atoms with van der Waals surface area (Å²) in [4.78, 5) is 28.5. The normalized spacial score (nSPS) is 24.1. The van der Waals surface area contributed by atoms with E-state index in [0.29, 0.717) is 18.4 Å². The van der Waals surface area contributed by atoms with Crippen LogP contribution in [0.5, 0.6) is 0 Å². The Balaban J connectivity index is 1.86. The molecular weight excluding hydrogens is 302 g/mol. The number of carbonyl (C=O) groups excluding carboxylic acids is 2. The molecule has 2 aliphatic rings. The highest BCUT2D eigenvalue weighted by Crippen LogP contribution is 2.23. The van der Waals surface area contributed by atoms with Gasteiger partial charge in [-0.2, -0.15) is 0 Å². The standard InChI is InChI=1S/C19H35N3O2/c1-14(2)5-8-21-9-6-16(7-10-21)13-22-17(11-15(3)4)12-20-18(23)19(22)24/h14-17H,5-13H2,1-4H3,(H,20,23)/t17-/m0/s1. The van der Waals surface area contributed by atoms with Gasteiger partial charge in [-0.15, -0.1) is 0 Å². The van der Waals surface area contributed by atoms with E-state index in [-0.39, 0.29) is 11.9 Å². The number of piperidine rings is 1. The van der Waals surface area contributed by atoms with Crippen LogP contribution >= 0.6 is 0 Å². The lowest BCUT2D eigenvalue weighted by Gasteiger charge is -2.40. The maximum Gasteiger partial charge on any atom is 0.312 e. The van der Waals surface area contributed by atoms with Gasteiger partial charge in [-0.1, -0.05) is 27.7 Å². The fraction of sp³-hybridized carbons (Fsp3) is 0.895. The van der Waals surface area contributed by atoms with E-state index < -0.39 is 5.91 Å². The fourth-order valence-corrected chi connectivity index (χ4v) is 3.79. The maximum absolute atomic E-state index is 12.3. The van der Waals surface area contributed by atoms with Crippen LogP contribution in [0.2, 0.25) is 0 Å². The number of piperazine rings is 1. The van der Waals surface area contributed by atoms with Crippen LogP contribution in [0.25, 0.3) is 0 Å². The molecule has 0 aromatic heterocycles. The largest absolute Gasteiger partial charge is 0.346 e. The lowest BCUT2D eigenvalue weighted by Crippen LogP contribution is -2.59. The Kier molecular flexibility index (Phi) is 7.08. The first-order valence-corrected chi connectivity index (χ1v) is 9.68. The number of nitrogens with zero attached hydrogens (tertiary/aromatic N) is 2. The maximum atomic E-state index is 12.3. The molecule has 0 saturated carbocycles. The van der Waals surface area contributed by atoms with Crippen molar-refractivity contribution in [3.05, 3.63) is 0 Å². The van der Waals surface area contributed by atoms with Gasteiger partial charge in [0.25, 0.3) is 0 Å². The summed E-state index contributed by atoms with van der Waals surface area (Å²) in [6.07, 6.45) is 4.49. The topological polar surface area (TPSA) is 52.7 Å². The summed E-state index contributed by atoms with van der Waals surface area (Å²) >= 11 is 0. The van der Waals surface area contributed by atoms with Crippen molar-refractivity contribution in [3.63, 3.8) is 0 Å². The first-order chi connectivity index (χ1) is 11.4. The second kappa shape index (κ2) is 8.84. The predicted molar refractivity (Wildman–Crippen MR) is 96.6 cm³/mol. The summed E-state index contributed by atoms with van der Waals surface area (Å²) in [5, 5.41) is 2.75. The molecule has 2 fully saturated rings. The minimum absolute atomic E-state index is 0.161. The molecule has 2 saturated heterocycles. The number of hydrogen-bond donors (Lipinski definition) is 1. The van der Waals surface area contributed by atoms with Crippen molar-refractivity contribution in [1.29, 1.82) is 0 Å². The highest BCUT2D eigenvalue weighted by molar-refractivity contribution is 6.35. The van der Waals surface area contributed by atoms with Crippen molar-refractivity contribution in [3.8, 4) is 0 Å². The van der Waals surface area contributed by atoms with Gasteiger partial charge in [-0.25, -0.2) is 0 Å². The molecule has 0 aromatic carbocycles. The van der Waals surface area contributed by atoms with Gasteiger partial charge in [0.1, 0.15) is 0 Å². The summed E-state index contributed by atoms with van der Waals surface area (Å²) < 4.78 is 0. The molecule has 0 spiro atoms. The van der Waals surface area contributed by atoms with Crippen LogP contribution in [-0.2, 0) is 9.59 Å². The Bertz CT molecular complexity index is 428. The molecule has 1 atom stereocenters. The molecule has 138 valence electrons. The minimum Gasteiger partial charge on any atom is -0.346 e. The molecule has 0 bridgehead atoms. The predicted octanol–water partition coefficient (Wildman–Crippen LogP) is 2.12. The second-order valence-electron chi connectivity index (χ2n) is 8.42. The van der Waals surface area contributed by atoms with Gasteiger partial charge < -0.3 is 15.1 Å². The van der Waals surface area contributed by atoms with E-state index in [4.69, 9.17) is 0 Å². The van der Waals surface area contributed by atoms with Gasteiger partial charge >= 0.3 is 11.8 Å². The first kappa shape index (κ1) is 19.2. The van der Waals surface area contributed by atoms with Gasteiger partial charge in [-0.3, -0.25) is 9.59 Å².